The van der Waals surface area contributed by atoms with Crippen LogP contribution in [-0.4, -0.2) is 70.4 Å². The van der Waals surface area contributed by atoms with Gasteiger partial charge in [0.25, 0.3) is 0 Å². The van der Waals surface area contributed by atoms with Gasteiger partial charge in [-0.1, -0.05) is 18.2 Å². The minimum Gasteiger partial charge on any atom is -0.299 e. The van der Waals surface area contributed by atoms with Crippen LogP contribution in [0.15, 0.2) is 73.6 Å². The third kappa shape index (κ3) is 7.19. The van der Waals surface area contributed by atoms with Crippen LogP contribution in [0.4, 0.5) is 0 Å². The Morgan fingerprint density at radius 3 is 1.03 bits per heavy atom. The highest BCUT2D eigenvalue weighted by atomic mass is 15.2. The highest BCUT2D eigenvalue weighted by molar-refractivity contribution is 5.16. The molecular formula is C30H42N6. The van der Waals surface area contributed by atoms with E-state index in [1.165, 1.54) is 74.8 Å². The number of nitrogens with zero attached hydrogens (tertiary/aromatic N) is 6. The molecule has 0 aliphatic carbocycles. The summed E-state index contributed by atoms with van der Waals surface area (Å²) in [5.74, 6) is 0. The van der Waals surface area contributed by atoms with E-state index in [0.29, 0.717) is 18.1 Å². The molecule has 3 aromatic rings. The molecule has 3 fully saturated rings. The Balaban J connectivity index is 0.000000127. The number of likely N-dealkylation sites (tertiary alicyclic amines) is 3. The summed E-state index contributed by atoms with van der Waals surface area (Å²) in [6.07, 6.45) is 19.2. The Labute approximate surface area is 217 Å². The normalized spacial score (nSPS) is 24.6. The molecular weight excluding hydrogens is 444 g/mol. The standard InChI is InChI=1S/3C10H14N2/c3*1-12-7-3-5-10(12)9-4-2-6-11-8-9/h3*2,4,6,8,10H,3,5,7H2,1H3/t3*10-/m100/s1. The van der Waals surface area contributed by atoms with Crippen LogP contribution >= 0.6 is 0 Å². The van der Waals surface area contributed by atoms with E-state index >= 15 is 0 Å². The summed E-state index contributed by atoms with van der Waals surface area (Å²) in [6.45, 7) is 3.67. The molecule has 6 rings (SSSR count). The Morgan fingerprint density at radius 2 is 0.833 bits per heavy atom. The zero-order chi connectivity index (χ0) is 25.2. The van der Waals surface area contributed by atoms with Crippen molar-refractivity contribution < 1.29 is 0 Å². The van der Waals surface area contributed by atoms with E-state index in [1.54, 1.807) is 0 Å². The fourth-order valence-corrected chi connectivity index (χ4v) is 5.71. The maximum absolute atomic E-state index is 4.14. The first-order valence-electron chi connectivity index (χ1n) is 13.4. The lowest BCUT2D eigenvalue weighted by molar-refractivity contribution is 0.317. The van der Waals surface area contributed by atoms with E-state index in [9.17, 15) is 0 Å². The van der Waals surface area contributed by atoms with Crippen molar-refractivity contribution >= 4 is 0 Å². The van der Waals surface area contributed by atoms with Gasteiger partial charge < -0.3 is 0 Å². The molecule has 6 heterocycles. The SMILES string of the molecule is CN1CCC[C@@H]1c1cccnc1.CN1CCC[C@H]1c1cccnc1.CN1CCC[C@H]1c1cccnc1. The van der Waals surface area contributed by atoms with Gasteiger partial charge in [0, 0.05) is 55.3 Å². The molecule has 3 aromatic heterocycles. The molecule has 0 amide bonds. The van der Waals surface area contributed by atoms with E-state index in [4.69, 9.17) is 0 Å². The first kappa shape index (κ1) is 26.4. The van der Waals surface area contributed by atoms with Crippen LogP contribution in [0.1, 0.15) is 73.3 Å². The fourth-order valence-electron chi connectivity index (χ4n) is 5.71. The minimum atomic E-state index is 0.610. The lowest BCUT2D eigenvalue weighted by Crippen LogP contribution is -2.17. The van der Waals surface area contributed by atoms with Crippen molar-refractivity contribution in [2.24, 2.45) is 0 Å². The lowest BCUT2D eigenvalue weighted by atomic mass is 10.1. The molecule has 0 saturated carbocycles. The smallest absolute Gasteiger partial charge is 0.0360 e. The second-order valence-corrected chi connectivity index (χ2v) is 10.3. The molecule has 192 valence electrons. The molecule has 0 unspecified atom stereocenters. The van der Waals surface area contributed by atoms with Crippen LogP contribution in [-0.2, 0) is 0 Å². The van der Waals surface area contributed by atoms with Gasteiger partial charge in [-0.25, -0.2) is 0 Å². The maximum Gasteiger partial charge on any atom is 0.0360 e. The third-order valence-corrected chi connectivity index (χ3v) is 7.77. The molecule has 3 atom stereocenters. The summed E-state index contributed by atoms with van der Waals surface area (Å²) in [7, 11) is 6.56. The van der Waals surface area contributed by atoms with Crippen LogP contribution in [0, 0.1) is 0 Å². The second-order valence-electron chi connectivity index (χ2n) is 10.3. The van der Waals surface area contributed by atoms with Gasteiger partial charge in [-0.15, -0.1) is 0 Å². The van der Waals surface area contributed by atoms with Crippen molar-refractivity contribution in [3.63, 3.8) is 0 Å². The fraction of sp³-hybridized carbons (Fsp3) is 0.500. The Morgan fingerprint density at radius 1 is 0.528 bits per heavy atom. The lowest BCUT2D eigenvalue weighted by Gasteiger charge is -2.18. The van der Waals surface area contributed by atoms with Crippen molar-refractivity contribution in [3.05, 3.63) is 90.3 Å². The minimum absolute atomic E-state index is 0.610. The highest BCUT2D eigenvalue weighted by Crippen LogP contribution is 2.30. The van der Waals surface area contributed by atoms with Crippen molar-refractivity contribution in [1.29, 1.82) is 0 Å². The van der Waals surface area contributed by atoms with E-state index in [0.717, 1.165) is 0 Å². The summed E-state index contributed by atoms with van der Waals surface area (Å²) in [6, 6.07) is 14.4. The second kappa shape index (κ2) is 13.6. The van der Waals surface area contributed by atoms with Gasteiger partial charge >= 0.3 is 0 Å². The molecule has 0 aromatic carbocycles. The van der Waals surface area contributed by atoms with Gasteiger partial charge in [0.1, 0.15) is 0 Å². The van der Waals surface area contributed by atoms with Gasteiger partial charge in [-0.05, 0) is 114 Å². The third-order valence-electron chi connectivity index (χ3n) is 7.77. The first-order chi connectivity index (χ1) is 17.6. The highest BCUT2D eigenvalue weighted by Gasteiger charge is 2.23. The summed E-state index contributed by atoms with van der Waals surface area (Å²) in [5, 5.41) is 0. The Hall–Kier alpha value is -2.67. The van der Waals surface area contributed by atoms with E-state index in [1.807, 2.05) is 55.4 Å². The van der Waals surface area contributed by atoms with Crippen molar-refractivity contribution in [3.8, 4) is 0 Å². The number of aromatic nitrogens is 3. The van der Waals surface area contributed by atoms with E-state index in [-0.39, 0.29) is 0 Å². The van der Waals surface area contributed by atoms with Crippen molar-refractivity contribution in [2.75, 3.05) is 40.8 Å². The molecule has 6 heteroatoms. The summed E-state index contributed by atoms with van der Waals surface area (Å²) < 4.78 is 0. The number of rotatable bonds is 3. The topological polar surface area (TPSA) is 48.4 Å². The molecule has 3 aliphatic rings. The largest absolute Gasteiger partial charge is 0.299 e. The number of hydrogen-bond acceptors (Lipinski definition) is 6. The molecule has 3 saturated heterocycles. The summed E-state index contributed by atoms with van der Waals surface area (Å²) in [4.78, 5) is 19.6. The van der Waals surface area contributed by atoms with Gasteiger partial charge in [0.2, 0.25) is 0 Å². The Bertz CT molecular complexity index is 868. The van der Waals surface area contributed by atoms with E-state index < -0.39 is 0 Å². The first-order valence-corrected chi connectivity index (χ1v) is 13.4. The van der Waals surface area contributed by atoms with Gasteiger partial charge in [-0.2, -0.15) is 0 Å². The zero-order valence-corrected chi connectivity index (χ0v) is 22.2. The number of pyridine rings is 3. The summed E-state index contributed by atoms with van der Waals surface area (Å²) >= 11 is 0. The van der Waals surface area contributed by atoms with Gasteiger partial charge in [0.05, 0.1) is 0 Å². The summed E-state index contributed by atoms with van der Waals surface area (Å²) in [5.41, 5.74) is 4.08. The van der Waals surface area contributed by atoms with E-state index in [2.05, 4.69) is 69.0 Å². The van der Waals surface area contributed by atoms with Gasteiger partial charge in [-0.3, -0.25) is 29.7 Å². The molecule has 0 bridgehead atoms. The number of hydrogen-bond donors (Lipinski definition) is 0. The zero-order valence-electron chi connectivity index (χ0n) is 22.2. The average molecular weight is 487 g/mol. The van der Waals surface area contributed by atoms with Crippen LogP contribution in [0.3, 0.4) is 0 Å². The van der Waals surface area contributed by atoms with Crippen LogP contribution < -0.4 is 0 Å². The van der Waals surface area contributed by atoms with Crippen LogP contribution in [0.25, 0.3) is 0 Å². The monoisotopic (exact) mass is 486 g/mol. The predicted molar refractivity (Wildman–Crippen MR) is 147 cm³/mol. The molecule has 6 nitrogen and oxygen atoms in total. The average Bonchev–Trinajstić information content (AvgIpc) is 3.67. The quantitative estimate of drug-likeness (QED) is 0.484. The molecule has 0 spiro atoms. The van der Waals surface area contributed by atoms with Crippen molar-refractivity contribution in [2.45, 2.75) is 56.7 Å². The van der Waals surface area contributed by atoms with Gasteiger partial charge in [0.15, 0.2) is 0 Å². The maximum atomic E-state index is 4.14. The van der Waals surface area contributed by atoms with Crippen LogP contribution in [0.5, 0.6) is 0 Å². The Kier molecular flexibility index (Phi) is 9.96. The molecule has 0 N–H and O–H groups in total. The van der Waals surface area contributed by atoms with Crippen LogP contribution in [0.2, 0.25) is 0 Å². The molecule has 3 aliphatic heterocycles. The van der Waals surface area contributed by atoms with Crippen molar-refractivity contribution in [1.82, 2.24) is 29.7 Å². The molecule has 0 radical (unpaired) electrons. The predicted octanol–water partition coefficient (Wildman–Crippen LogP) is 5.54. The molecule has 36 heavy (non-hydrogen) atoms.